The van der Waals surface area contributed by atoms with Crippen LogP contribution in [0.4, 0.5) is 0 Å². The van der Waals surface area contributed by atoms with Crippen molar-refractivity contribution in [2.45, 2.75) is 24.9 Å². The summed E-state index contributed by atoms with van der Waals surface area (Å²) in [6, 6.07) is 1.24. The molecule has 0 amide bonds. The highest BCUT2D eigenvalue weighted by Crippen LogP contribution is 2.27. The lowest BCUT2D eigenvalue weighted by Gasteiger charge is -2.14. The van der Waals surface area contributed by atoms with Gasteiger partial charge in [-0.1, -0.05) is 0 Å². The Balaban J connectivity index is 2.19. The predicted molar refractivity (Wildman–Crippen MR) is 57.7 cm³/mol. The summed E-state index contributed by atoms with van der Waals surface area (Å²) < 4.78 is 11.6. The van der Waals surface area contributed by atoms with Crippen molar-refractivity contribution in [1.29, 1.82) is 0 Å². The fourth-order valence-corrected chi connectivity index (χ4v) is 1.85. The average Bonchev–Trinajstić information content (AvgIpc) is 2.60. The molecule has 2 heterocycles. The molecular weight excluding hydrogens is 228 g/mol. The number of aromatic nitrogens is 2. The van der Waals surface area contributed by atoms with E-state index in [1.54, 1.807) is 0 Å². The van der Waals surface area contributed by atoms with E-state index in [-0.39, 0.29) is 6.61 Å². The molecule has 2 rings (SSSR count). The van der Waals surface area contributed by atoms with Crippen molar-refractivity contribution in [1.82, 2.24) is 9.55 Å². The highest BCUT2D eigenvalue weighted by molar-refractivity contribution is 4.88. The van der Waals surface area contributed by atoms with E-state index in [4.69, 9.17) is 9.47 Å². The van der Waals surface area contributed by atoms with Gasteiger partial charge in [0, 0.05) is 25.8 Å². The van der Waals surface area contributed by atoms with Gasteiger partial charge in [0.1, 0.15) is 12.3 Å². The highest BCUT2D eigenvalue weighted by atomic mass is 16.6. The van der Waals surface area contributed by atoms with Crippen LogP contribution >= 0.6 is 0 Å². The Morgan fingerprint density at radius 1 is 1.65 bits per heavy atom. The van der Waals surface area contributed by atoms with Crippen molar-refractivity contribution >= 4 is 0 Å². The first-order chi connectivity index (χ1) is 8.11. The summed E-state index contributed by atoms with van der Waals surface area (Å²) in [6.07, 6.45) is -0.0645. The van der Waals surface area contributed by atoms with Crippen molar-refractivity contribution in [3.63, 3.8) is 0 Å². The number of nitrogens with zero attached hydrogens (tertiary/aromatic N) is 1. The molecule has 0 aromatic carbocycles. The average molecular weight is 242 g/mol. The van der Waals surface area contributed by atoms with E-state index in [1.165, 1.54) is 23.9 Å². The Labute approximate surface area is 96.6 Å². The smallest absolute Gasteiger partial charge is 0.330 e. The maximum absolute atomic E-state index is 11.5. The molecule has 7 heteroatoms. The molecule has 94 valence electrons. The van der Waals surface area contributed by atoms with E-state index >= 15 is 0 Å². The zero-order valence-corrected chi connectivity index (χ0v) is 9.33. The molecule has 1 saturated heterocycles. The van der Waals surface area contributed by atoms with Crippen molar-refractivity contribution in [2.24, 2.45) is 0 Å². The largest absolute Gasteiger partial charge is 0.390 e. The fourth-order valence-electron chi connectivity index (χ4n) is 1.85. The van der Waals surface area contributed by atoms with Gasteiger partial charge in [-0.25, -0.2) is 4.79 Å². The number of methoxy groups -OCH3 is 1. The highest BCUT2D eigenvalue weighted by Gasteiger charge is 2.35. The normalized spacial score (nSPS) is 28.5. The number of ether oxygens (including phenoxy) is 2. The number of aliphatic hydroxyl groups is 1. The van der Waals surface area contributed by atoms with Crippen LogP contribution in [0.15, 0.2) is 21.9 Å². The van der Waals surface area contributed by atoms with Gasteiger partial charge in [-0.15, -0.1) is 0 Å². The lowest BCUT2D eigenvalue weighted by atomic mass is 10.2. The van der Waals surface area contributed by atoms with E-state index in [0.29, 0.717) is 6.42 Å². The maximum atomic E-state index is 11.5. The lowest BCUT2D eigenvalue weighted by Crippen LogP contribution is -2.31. The third-order valence-corrected chi connectivity index (χ3v) is 2.70. The van der Waals surface area contributed by atoms with Crippen LogP contribution in [0.3, 0.4) is 0 Å². The molecular formula is C10H14N2O5. The van der Waals surface area contributed by atoms with Gasteiger partial charge >= 0.3 is 5.69 Å². The summed E-state index contributed by atoms with van der Waals surface area (Å²) in [5.74, 6) is 0. The minimum atomic E-state index is -0.682. The van der Waals surface area contributed by atoms with E-state index in [2.05, 4.69) is 4.98 Å². The zero-order chi connectivity index (χ0) is 12.4. The molecule has 1 fully saturated rings. The molecule has 17 heavy (non-hydrogen) atoms. The van der Waals surface area contributed by atoms with Crippen LogP contribution < -0.4 is 11.2 Å². The van der Waals surface area contributed by atoms with Crippen LogP contribution in [0.5, 0.6) is 0 Å². The van der Waals surface area contributed by atoms with Crippen molar-refractivity contribution in [2.75, 3.05) is 13.7 Å². The number of H-pyrrole nitrogens is 1. The number of hydrogen-bond donors (Lipinski definition) is 2. The molecule has 1 aromatic heterocycles. The van der Waals surface area contributed by atoms with E-state index in [1.807, 2.05) is 0 Å². The molecule has 7 nitrogen and oxygen atoms in total. The van der Waals surface area contributed by atoms with Gasteiger partial charge in [0.15, 0.2) is 0 Å². The Morgan fingerprint density at radius 2 is 2.41 bits per heavy atom. The first-order valence-electron chi connectivity index (χ1n) is 5.25. The summed E-state index contributed by atoms with van der Waals surface area (Å²) in [5.41, 5.74) is -1.01. The third-order valence-electron chi connectivity index (χ3n) is 2.70. The predicted octanol–water partition coefficient (Wildman–Crippen LogP) is -1.17. The van der Waals surface area contributed by atoms with Crippen LogP contribution in [-0.4, -0.2) is 40.6 Å². The second-order valence-corrected chi connectivity index (χ2v) is 3.90. The number of hydrogen-bond acceptors (Lipinski definition) is 5. The Morgan fingerprint density at radius 3 is 3.06 bits per heavy atom. The molecule has 0 aliphatic carbocycles. The van der Waals surface area contributed by atoms with Crippen LogP contribution in [0.2, 0.25) is 0 Å². The van der Waals surface area contributed by atoms with Crippen molar-refractivity contribution in [3.05, 3.63) is 33.1 Å². The summed E-state index contributed by atoms with van der Waals surface area (Å²) in [5, 5.41) is 9.70. The van der Waals surface area contributed by atoms with Gasteiger partial charge in [0.05, 0.1) is 12.7 Å². The van der Waals surface area contributed by atoms with Crippen molar-refractivity contribution < 1.29 is 14.6 Å². The molecule has 1 aliphatic heterocycles. The number of rotatable bonds is 3. The summed E-state index contributed by atoms with van der Waals surface area (Å²) in [4.78, 5) is 24.6. The van der Waals surface area contributed by atoms with E-state index in [0.717, 1.165) is 0 Å². The molecule has 0 spiro atoms. The van der Waals surface area contributed by atoms with Crippen molar-refractivity contribution in [3.8, 4) is 0 Å². The maximum Gasteiger partial charge on any atom is 0.330 e. The van der Waals surface area contributed by atoms with Crippen LogP contribution in [0.25, 0.3) is 0 Å². The molecule has 0 saturated carbocycles. The number of aromatic amines is 1. The van der Waals surface area contributed by atoms with Gasteiger partial charge in [-0.2, -0.15) is 0 Å². The van der Waals surface area contributed by atoms with Gasteiger partial charge in [0.2, 0.25) is 0 Å². The summed E-state index contributed by atoms with van der Waals surface area (Å²) >= 11 is 0. The van der Waals surface area contributed by atoms with Crippen LogP contribution in [0.1, 0.15) is 12.6 Å². The standard InChI is InChI=1S/C10H14N2O5/c1-16-5-7-6(13)4-9(17-7)12-3-2-8(14)11-10(12)15/h2-3,6-7,9,13H,4-5H2,1H3,(H,11,14,15)/t6-,7+,9+/m0/s1. The second kappa shape index (κ2) is 4.82. The van der Waals surface area contributed by atoms with E-state index in [9.17, 15) is 14.7 Å². The SMILES string of the molecule is COC[C@H]1O[C@@H](n2ccc(=O)[nH]c2=O)C[C@@H]1O. The Kier molecular flexibility index (Phi) is 3.41. The minimum absolute atomic E-state index is 0.260. The van der Waals surface area contributed by atoms with Gasteiger partial charge in [-0.05, 0) is 0 Å². The van der Waals surface area contributed by atoms with Gasteiger partial charge in [0.25, 0.3) is 5.56 Å². The number of nitrogens with one attached hydrogen (secondary N) is 1. The molecule has 0 radical (unpaired) electrons. The third kappa shape index (κ3) is 2.46. The second-order valence-electron chi connectivity index (χ2n) is 3.90. The topological polar surface area (TPSA) is 93.5 Å². The summed E-state index contributed by atoms with van der Waals surface area (Å²) in [6.45, 7) is 0.260. The molecule has 0 unspecified atom stereocenters. The molecule has 1 aromatic rings. The number of aliphatic hydroxyl groups excluding tert-OH is 1. The molecule has 1 aliphatic rings. The first-order valence-corrected chi connectivity index (χ1v) is 5.25. The quantitative estimate of drug-likeness (QED) is 0.696. The lowest BCUT2D eigenvalue weighted by molar-refractivity contribution is -0.0547. The van der Waals surface area contributed by atoms with Crippen LogP contribution in [-0.2, 0) is 9.47 Å². The Bertz CT molecular complexity index is 494. The molecule has 0 bridgehead atoms. The van der Waals surface area contributed by atoms with Gasteiger partial charge < -0.3 is 14.6 Å². The zero-order valence-electron chi connectivity index (χ0n) is 9.33. The fraction of sp³-hybridized carbons (Fsp3) is 0.600. The first kappa shape index (κ1) is 12.0. The van der Waals surface area contributed by atoms with Gasteiger partial charge in [-0.3, -0.25) is 14.3 Å². The van der Waals surface area contributed by atoms with Crippen LogP contribution in [0, 0.1) is 0 Å². The Hall–Kier alpha value is -1.44. The van der Waals surface area contributed by atoms with E-state index < -0.39 is 29.7 Å². The summed E-state index contributed by atoms with van der Waals surface area (Å²) in [7, 11) is 1.51. The molecule has 3 atom stereocenters. The molecule has 2 N–H and O–H groups in total. The minimum Gasteiger partial charge on any atom is -0.390 e. The monoisotopic (exact) mass is 242 g/mol.